The number of piperidine rings is 2. The fourth-order valence-electron chi connectivity index (χ4n) is 6.74. The molecule has 158 valence electrons. The number of carbonyl (C=O) groups excluding carboxylic acids is 1. The monoisotopic (exact) mass is 405 g/mol. The fourth-order valence-corrected chi connectivity index (χ4v) is 6.74. The molecule has 4 aliphatic heterocycles. The van der Waals surface area contributed by atoms with Gasteiger partial charge in [-0.15, -0.1) is 0 Å². The third-order valence-corrected chi connectivity index (χ3v) is 7.97. The highest BCUT2D eigenvalue weighted by Gasteiger charge is 2.55. The average Bonchev–Trinajstić information content (AvgIpc) is 2.89. The second-order valence-corrected chi connectivity index (χ2v) is 9.81. The molecular weight excluding hydrogens is 374 g/mol. The molecule has 5 aliphatic rings. The van der Waals surface area contributed by atoms with Crippen molar-refractivity contribution in [2.45, 2.75) is 37.1 Å². The van der Waals surface area contributed by atoms with Crippen LogP contribution in [0, 0.1) is 5.92 Å². The number of fused-ring (bicyclic) bond motifs is 2. The van der Waals surface area contributed by atoms with Crippen molar-refractivity contribution in [3.05, 3.63) is 52.8 Å². The molecule has 3 atom stereocenters. The van der Waals surface area contributed by atoms with Gasteiger partial charge in [0.05, 0.1) is 5.69 Å². The van der Waals surface area contributed by atoms with Gasteiger partial charge in [-0.05, 0) is 31.2 Å². The van der Waals surface area contributed by atoms with Gasteiger partial charge >= 0.3 is 0 Å². The van der Waals surface area contributed by atoms with Crippen LogP contribution in [0.2, 0.25) is 0 Å². The summed E-state index contributed by atoms with van der Waals surface area (Å²) < 4.78 is 1.83. The maximum Gasteiger partial charge on any atom is 0.270 e. The van der Waals surface area contributed by atoms with Gasteiger partial charge in [-0.2, -0.15) is 5.10 Å². The highest BCUT2D eigenvalue weighted by Crippen LogP contribution is 2.43. The molecule has 1 amide bonds. The summed E-state index contributed by atoms with van der Waals surface area (Å²) in [6.45, 7) is 6.50. The Labute approximate surface area is 178 Å². The lowest BCUT2D eigenvalue weighted by Gasteiger charge is -2.55. The van der Waals surface area contributed by atoms with E-state index in [4.69, 9.17) is 0 Å². The van der Waals surface area contributed by atoms with Crippen molar-refractivity contribution in [1.29, 1.82) is 0 Å². The van der Waals surface area contributed by atoms with E-state index in [1.807, 2.05) is 11.7 Å². The van der Waals surface area contributed by atoms with E-state index in [1.54, 1.807) is 0 Å². The summed E-state index contributed by atoms with van der Waals surface area (Å²) in [5.41, 5.74) is 4.42. The highest BCUT2D eigenvalue weighted by atomic mass is 16.2. The Bertz CT molecular complexity index is 951. The minimum atomic E-state index is -0.0484. The lowest BCUT2D eigenvalue weighted by molar-refractivity contribution is 0.0178. The molecule has 6 nitrogen and oxygen atoms in total. The number of hydrogen-bond acceptors (Lipinski definition) is 4. The van der Waals surface area contributed by atoms with Crippen molar-refractivity contribution in [2.24, 2.45) is 13.0 Å². The van der Waals surface area contributed by atoms with Gasteiger partial charge in [0.2, 0.25) is 0 Å². The number of amides is 1. The van der Waals surface area contributed by atoms with E-state index in [1.165, 1.54) is 17.5 Å². The first-order valence-electron chi connectivity index (χ1n) is 11.5. The SMILES string of the molecule is Cn1nc2c(c1C(=O)N[C@@H]1C3CN4CCN(C3)CC1(c1ccccc1)C4)CCCC2. The number of nitrogens with zero attached hydrogens (tertiary/aromatic N) is 4. The minimum Gasteiger partial charge on any atom is -0.347 e. The quantitative estimate of drug-likeness (QED) is 0.843. The molecule has 4 saturated heterocycles. The van der Waals surface area contributed by atoms with Crippen molar-refractivity contribution in [2.75, 3.05) is 39.3 Å². The summed E-state index contributed by atoms with van der Waals surface area (Å²) in [6, 6.07) is 11.1. The molecule has 1 N–H and O–H groups in total. The van der Waals surface area contributed by atoms with Crippen LogP contribution in [0.3, 0.4) is 0 Å². The molecular formula is C24H31N5O. The summed E-state index contributed by atoms with van der Waals surface area (Å²) in [4.78, 5) is 18.9. The van der Waals surface area contributed by atoms with Gasteiger partial charge in [0.15, 0.2) is 0 Å². The zero-order valence-corrected chi connectivity index (χ0v) is 17.8. The normalized spacial score (nSPS) is 34.4. The zero-order chi connectivity index (χ0) is 20.3. The largest absolute Gasteiger partial charge is 0.347 e. The zero-order valence-electron chi connectivity index (χ0n) is 17.8. The van der Waals surface area contributed by atoms with Crippen LogP contribution in [0.4, 0.5) is 0 Å². The highest BCUT2D eigenvalue weighted by molar-refractivity contribution is 5.94. The predicted octanol–water partition coefficient (Wildman–Crippen LogP) is 1.60. The molecule has 7 rings (SSSR count). The lowest BCUT2D eigenvalue weighted by Crippen LogP contribution is -2.70. The third kappa shape index (κ3) is 2.77. The molecule has 2 aromatic rings. The molecule has 6 heteroatoms. The van der Waals surface area contributed by atoms with Crippen LogP contribution in [0.15, 0.2) is 30.3 Å². The molecule has 1 aromatic carbocycles. The Balaban J connectivity index is 1.38. The topological polar surface area (TPSA) is 53.4 Å². The smallest absolute Gasteiger partial charge is 0.270 e. The van der Waals surface area contributed by atoms with Crippen LogP contribution in [-0.4, -0.2) is 70.8 Å². The summed E-state index contributed by atoms with van der Waals surface area (Å²) in [6.07, 6.45) is 4.31. The van der Waals surface area contributed by atoms with Gasteiger partial charge < -0.3 is 15.1 Å². The van der Waals surface area contributed by atoms with E-state index in [0.717, 1.165) is 69.9 Å². The van der Waals surface area contributed by atoms with Gasteiger partial charge in [0.1, 0.15) is 5.69 Å². The molecule has 2 unspecified atom stereocenters. The van der Waals surface area contributed by atoms with Gasteiger partial charge in [0, 0.05) is 69.3 Å². The molecule has 4 fully saturated rings. The maximum atomic E-state index is 13.7. The third-order valence-electron chi connectivity index (χ3n) is 7.97. The number of aromatic nitrogens is 2. The Kier molecular flexibility index (Phi) is 4.29. The van der Waals surface area contributed by atoms with Crippen molar-refractivity contribution in [3.8, 4) is 0 Å². The molecule has 30 heavy (non-hydrogen) atoms. The van der Waals surface area contributed by atoms with Crippen LogP contribution in [0.25, 0.3) is 0 Å². The van der Waals surface area contributed by atoms with Crippen LogP contribution in [0.1, 0.15) is 40.2 Å². The molecule has 5 heterocycles. The van der Waals surface area contributed by atoms with Gasteiger partial charge in [-0.1, -0.05) is 30.3 Å². The molecule has 1 aromatic heterocycles. The summed E-state index contributed by atoms with van der Waals surface area (Å²) in [7, 11) is 1.93. The molecule has 0 saturated carbocycles. The Morgan fingerprint density at radius 3 is 2.50 bits per heavy atom. The van der Waals surface area contributed by atoms with Crippen LogP contribution in [0.5, 0.6) is 0 Å². The second kappa shape index (κ2) is 6.92. The molecule has 1 aliphatic carbocycles. The molecule has 0 spiro atoms. The van der Waals surface area contributed by atoms with Gasteiger partial charge in [-0.25, -0.2) is 0 Å². The fraction of sp³-hybridized carbons (Fsp3) is 0.583. The standard InChI is InChI=1S/C24H31N5O/c1-27-21(19-9-5-6-10-20(19)26-27)23(30)25-22-17-13-28-11-12-29(14-17)16-24(22,15-28)18-7-3-2-4-8-18/h2-4,7-8,17,22H,5-6,9-16H2,1H3,(H,25,30)/t17?,22-,24?/m1/s1. The number of aryl methyl sites for hydroxylation is 2. The predicted molar refractivity (Wildman–Crippen MR) is 116 cm³/mol. The molecule has 0 radical (unpaired) electrons. The number of nitrogens with one attached hydrogen (secondary N) is 1. The van der Waals surface area contributed by atoms with E-state index in [-0.39, 0.29) is 17.4 Å². The van der Waals surface area contributed by atoms with Crippen molar-refractivity contribution >= 4 is 5.91 Å². The Morgan fingerprint density at radius 1 is 1.07 bits per heavy atom. The maximum absolute atomic E-state index is 13.7. The summed E-state index contributed by atoms with van der Waals surface area (Å²) in [5.74, 6) is 0.535. The Morgan fingerprint density at radius 2 is 1.77 bits per heavy atom. The number of benzene rings is 1. The van der Waals surface area contributed by atoms with E-state index in [0.29, 0.717) is 5.92 Å². The average molecular weight is 406 g/mol. The van der Waals surface area contributed by atoms with E-state index in [9.17, 15) is 4.79 Å². The number of carbonyl (C=O) groups is 1. The summed E-state index contributed by atoms with van der Waals surface area (Å²) >= 11 is 0. The van der Waals surface area contributed by atoms with Gasteiger partial charge in [0.25, 0.3) is 5.91 Å². The number of rotatable bonds is 3. The van der Waals surface area contributed by atoms with Crippen LogP contribution in [-0.2, 0) is 25.3 Å². The van der Waals surface area contributed by atoms with E-state index < -0.39 is 0 Å². The minimum absolute atomic E-state index is 0.0484. The van der Waals surface area contributed by atoms with E-state index in [2.05, 4.69) is 50.5 Å². The number of hydrogen-bond donors (Lipinski definition) is 1. The van der Waals surface area contributed by atoms with Crippen LogP contribution >= 0.6 is 0 Å². The van der Waals surface area contributed by atoms with Crippen LogP contribution < -0.4 is 5.32 Å². The first-order chi connectivity index (χ1) is 14.6. The first kappa shape index (κ1) is 18.6. The van der Waals surface area contributed by atoms with Gasteiger partial charge in [-0.3, -0.25) is 9.48 Å². The second-order valence-electron chi connectivity index (χ2n) is 9.81. The first-order valence-corrected chi connectivity index (χ1v) is 11.5. The van der Waals surface area contributed by atoms with Crippen molar-refractivity contribution < 1.29 is 4.79 Å². The van der Waals surface area contributed by atoms with Crippen molar-refractivity contribution in [1.82, 2.24) is 24.9 Å². The summed E-state index contributed by atoms with van der Waals surface area (Å²) in [5, 5.41) is 8.26. The Hall–Kier alpha value is -2.18. The lowest BCUT2D eigenvalue weighted by atomic mass is 9.64. The molecule has 4 bridgehead atoms. The van der Waals surface area contributed by atoms with Crippen molar-refractivity contribution in [3.63, 3.8) is 0 Å². The van der Waals surface area contributed by atoms with E-state index >= 15 is 0 Å².